The van der Waals surface area contributed by atoms with Gasteiger partial charge in [-0.25, -0.2) is 4.39 Å². The molecule has 1 aromatic carbocycles. The summed E-state index contributed by atoms with van der Waals surface area (Å²) in [7, 11) is 0. The minimum Gasteiger partial charge on any atom is -0.481 e. The maximum atomic E-state index is 13.4. The summed E-state index contributed by atoms with van der Waals surface area (Å²) < 4.78 is 18.8. The third kappa shape index (κ3) is 4.23. The number of carbonyl (C=O) groups excluding carboxylic acids is 1. The Kier molecular flexibility index (Phi) is 5.09. The summed E-state index contributed by atoms with van der Waals surface area (Å²) in [6.07, 6.45) is 0.0462. The van der Waals surface area contributed by atoms with Crippen LogP contribution in [0.15, 0.2) is 18.2 Å². The van der Waals surface area contributed by atoms with Crippen molar-refractivity contribution in [1.82, 2.24) is 5.32 Å². The van der Waals surface area contributed by atoms with E-state index in [1.807, 2.05) is 20.8 Å². The van der Waals surface area contributed by atoms with E-state index in [0.29, 0.717) is 0 Å². The summed E-state index contributed by atoms with van der Waals surface area (Å²) in [5.41, 5.74) is -0.369. The Balaban J connectivity index is 2.71. The predicted molar refractivity (Wildman–Crippen MR) is 73.7 cm³/mol. The van der Waals surface area contributed by atoms with Gasteiger partial charge < -0.3 is 10.1 Å². The normalized spacial score (nSPS) is 12.4. The highest BCUT2D eigenvalue weighted by molar-refractivity contribution is 5.81. The van der Waals surface area contributed by atoms with Crippen LogP contribution in [0.4, 0.5) is 4.39 Å². The van der Waals surface area contributed by atoms with Crippen molar-refractivity contribution in [2.24, 2.45) is 0 Å². The number of nitriles is 1. The van der Waals surface area contributed by atoms with E-state index in [9.17, 15) is 9.18 Å². The number of nitrogens with one attached hydrogen (secondary N) is 1. The minimum absolute atomic E-state index is 0.0541. The minimum atomic E-state index is -0.742. The van der Waals surface area contributed by atoms with Crippen LogP contribution in [0.5, 0.6) is 5.75 Å². The number of hydrogen-bond acceptors (Lipinski definition) is 3. The van der Waals surface area contributed by atoms with Crippen LogP contribution < -0.4 is 10.1 Å². The Bertz CT molecular complexity index is 535. The largest absolute Gasteiger partial charge is 0.481 e. The fraction of sp³-hybridized carbons (Fsp3) is 0.467. The highest BCUT2D eigenvalue weighted by Gasteiger charge is 2.23. The standard InChI is InChI=1S/C15H19FN2O2/c1-5-15(3,4)18-14(19)10(2)20-12-7-6-11(9-17)13(16)8-12/h6-8,10H,5H2,1-4H3,(H,18,19). The van der Waals surface area contributed by atoms with Gasteiger partial charge in [-0.1, -0.05) is 6.92 Å². The molecule has 0 spiro atoms. The van der Waals surface area contributed by atoms with Crippen LogP contribution in [0.3, 0.4) is 0 Å². The molecule has 0 fully saturated rings. The van der Waals surface area contributed by atoms with Crippen LogP contribution in [-0.2, 0) is 4.79 Å². The molecule has 0 bridgehead atoms. The quantitative estimate of drug-likeness (QED) is 0.900. The highest BCUT2D eigenvalue weighted by atomic mass is 19.1. The van der Waals surface area contributed by atoms with Crippen LogP contribution in [0.2, 0.25) is 0 Å². The van der Waals surface area contributed by atoms with Gasteiger partial charge in [0, 0.05) is 11.6 Å². The molecule has 0 heterocycles. The smallest absolute Gasteiger partial charge is 0.261 e. The van der Waals surface area contributed by atoms with Crippen molar-refractivity contribution in [3.63, 3.8) is 0 Å². The number of benzene rings is 1. The third-order valence-corrected chi connectivity index (χ3v) is 3.09. The second-order valence-corrected chi connectivity index (χ2v) is 5.24. The molecular weight excluding hydrogens is 259 g/mol. The van der Waals surface area contributed by atoms with E-state index in [2.05, 4.69) is 5.32 Å². The highest BCUT2D eigenvalue weighted by Crippen LogP contribution is 2.18. The van der Waals surface area contributed by atoms with E-state index in [0.717, 1.165) is 12.5 Å². The third-order valence-electron chi connectivity index (χ3n) is 3.09. The number of ether oxygens (including phenoxy) is 1. The molecule has 1 unspecified atom stereocenters. The molecule has 20 heavy (non-hydrogen) atoms. The van der Waals surface area contributed by atoms with Crippen LogP contribution in [-0.4, -0.2) is 17.6 Å². The maximum Gasteiger partial charge on any atom is 0.261 e. The lowest BCUT2D eigenvalue weighted by Crippen LogP contribution is -2.48. The van der Waals surface area contributed by atoms with E-state index in [-0.39, 0.29) is 22.8 Å². The fourth-order valence-electron chi connectivity index (χ4n) is 1.44. The van der Waals surface area contributed by atoms with Crippen molar-refractivity contribution in [2.75, 3.05) is 0 Å². The predicted octanol–water partition coefficient (Wildman–Crippen LogP) is 2.77. The molecule has 1 atom stereocenters. The lowest BCUT2D eigenvalue weighted by atomic mass is 10.0. The SMILES string of the molecule is CCC(C)(C)NC(=O)C(C)Oc1ccc(C#N)c(F)c1. The summed E-state index contributed by atoms with van der Waals surface area (Å²) >= 11 is 0. The molecule has 0 aromatic heterocycles. The van der Waals surface area contributed by atoms with Gasteiger partial charge in [0.15, 0.2) is 6.10 Å². The molecule has 1 rings (SSSR count). The zero-order valence-electron chi connectivity index (χ0n) is 12.2. The van der Waals surface area contributed by atoms with Crippen LogP contribution >= 0.6 is 0 Å². The Morgan fingerprint density at radius 3 is 2.70 bits per heavy atom. The number of nitrogens with zero attached hydrogens (tertiary/aromatic N) is 1. The van der Waals surface area contributed by atoms with Gasteiger partial charge in [-0.3, -0.25) is 4.79 Å². The Morgan fingerprint density at radius 2 is 2.20 bits per heavy atom. The van der Waals surface area contributed by atoms with Gasteiger partial charge in [-0.2, -0.15) is 5.26 Å². The van der Waals surface area contributed by atoms with Crippen molar-refractivity contribution < 1.29 is 13.9 Å². The van der Waals surface area contributed by atoms with Crippen molar-refractivity contribution in [3.8, 4) is 11.8 Å². The lowest BCUT2D eigenvalue weighted by molar-refractivity contribution is -0.128. The Labute approximate surface area is 118 Å². The Morgan fingerprint density at radius 1 is 1.55 bits per heavy atom. The molecule has 0 aliphatic carbocycles. The molecule has 0 radical (unpaired) electrons. The molecule has 108 valence electrons. The first-order valence-corrected chi connectivity index (χ1v) is 6.47. The molecule has 5 heteroatoms. The summed E-state index contributed by atoms with van der Waals surface area (Å²) in [5.74, 6) is -0.702. The van der Waals surface area contributed by atoms with E-state index >= 15 is 0 Å². The second-order valence-electron chi connectivity index (χ2n) is 5.24. The molecule has 0 aliphatic rings. The number of halogens is 1. The molecule has 4 nitrogen and oxygen atoms in total. The van der Waals surface area contributed by atoms with Crippen LogP contribution in [0.1, 0.15) is 39.7 Å². The number of hydrogen-bond donors (Lipinski definition) is 1. The topological polar surface area (TPSA) is 62.1 Å². The molecule has 1 N–H and O–H groups in total. The lowest BCUT2D eigenvalue weighted by Gasteiger charge is -2.26. The zero-order valence-corrected chi connectivity index (χ0v) is 12.2. The van der Waals surface area contributed by atoms with E-state index in [1.54, 1.807) is 13.0 Å². The van der Waals surface area contributed by atoms with E-state index < -0.39 is 11.9 Å². The first-order chi connectivity index (χ1) is 9.29. The van der Waals surface area contributed by atoms with Gasteiger partial charge in [-0.15, -0.1) is 0 Å². The first-order valence-electron chi connectivity index (χ1n) is 6.47. The van der Waals surface area contributed by atoms with Crippen molar-refractivity contribution >= 4 is 5.91 Å². The van der Waals surface area contributed by atoms with Gasteiger partial charge >= 0.3 is 0 Å². The number of amides is 1. The zero-order chi connectivity index (χ0) is 15.3. The first kappa shape index (κ1) is 16.0. The molecule has 0 saturated heterocycles. The van der Waals surface area contributed by atoms with Crippen LogP contribution in [0, 0.1) is 17.1 Å². The molecule has 0 saturated carbocycles. The summed E-state index contributed by atoms with van der Waals surface area (Å²) in [4.78, 5) is 11.9. The van der Waals surface area contributed by atoms with E-state index in [4.69, 9.17) is 10.00 Å². The van der Waals surface area contributed by atoms with Crippen LogP contribution in [0.25, 0.3) is 0 Å². The maximum absolute atomic E-state index is 13.4. The van der Waals surface area contributed by atoms with Gasteiger partial charge in [0.1, 0.15) is 17.6 Å². The molecule has 0 aliphatic heterocycles. The second kappa shape index (κ2) is 6.38. The summed E-state index contributed by atoms with van der Waals surface area (Å²) in [5, 5.41) is 11.5. The summed E-state index contributed by atoms with van der Waals surface area (Å²) in [6, 6.07) is 5.63. The van der Waals surface area contributed by atoms with Crippen molar-refractivity contribution in [3.05, 3.63) is 29.6 Å². The van der Waals surface area contributed by atoms with Gasteiger partial charge in [0.2, 0.25) is 0 Å². The molecule has 1 amide bonds. The monoisotopic (exact) mass is 278 g/mol. The average molecular weight is 278 g/mol. The van der Waals surface area contributed by atoms with E-state index in [1.165, 1.54) is 12.1 Å². The molecule has 1 aromatic rings. The van der Waals surface area contributed by atoms with Gasteiger partial charge in [0.25, 0.3) is 5.91 Å². The number of carbonyl (C=O) groups is 1. The Hall–Kier alpha value is -2.09. The summed E-state index contributed by atoms with van der Waals surface area (Å²) in [6.45, 7) is 7.40. The van der Waals surface area contributed by atoms with Gasteiger partial charge in [0.05, 0.1) is 5.56 Å². The molecular formula is C15H19FN2O2. The van der Waals surface area contributed by atoms with Gasteiger partial charge in [-0.05, 0) is 39.3 Å². The van der Waals surface area contributed by atoms with Crippen molar-refractivity contribution in [1.29, 1.82) is 5.26 Å². The fourth-order valence-corrected chi connectivity index (χ4v) is 1.44. The average Bonchev–Trinajstić information content (AvgIpc) is 2.38. The number of rotatable bonds is 5. The van der Waals surface area contributed by atoms with Crippen molar-refractivity contribution in [2.45, 2.75) is 45.8 Å².